The predicted octanol–water partition coefficient (Wildman–Crippen LogP) is 2.89. The third-order valence-electron chi connectivity index (χ3n) is 4.04. The molecule has 1 aromatic carbocycles. The molecular formula is C15H22BrClN2O3. The van der Waals surface area contributed by atoms with Gasteiger partial charge in [0, 0.05) is 12.1 Å². The molecule has 0 saturated heterocycles. The molecule has 0 unspecified atom stereocenters. The van der Waals surface area contributed by atoms with Gasteiger partial charge in [-0.2, -0.15) is 0 Å². The van der Waals surface area contributed by atoms with Crippen LogP contribution in [0, 0.1) is 0 Å². The number of hydrogen-bond acceptors (Lipinski definition) is 4. The lowest BCUT2D eigenvalue weighted by molar-refractivity contribution is 0.0902. The van der Waals surface area contributed by atoms with Crippen molar-refractivity contribution in [3.63, 3.8) is 0 Å². The fourth-order valence-corrected chi connectivity index (χ4v) is 3.30. The lowest BCUT2D eigenvalue weighted by Crippen LogP contribution is -2.51. The molecule has 1 saturated carbocycles. The van der Waals surface area contributed by atoms with Crippen LogP contribution < -0.4 is 20.5 Å². The average Bonchev–Trinajstić information content (AvgIpc) is 2.96. The van der Waals surface area contributed by atoms with Crippen molar-refractivity contribution in [2.24, 2.45) is 5.73 Å². The molecular weight excluding hydrogens is 372 g/mol. The lowest BCUT2D eigenvalue weighted by Gasteiger charge is -2.28. The van der Waals surface area contributed by atoms with Gasteiger partial charge in [-0.05, 0) is 40.9 Å². The molecule has 0 aromatic heterocycles. The number of methoxy groups -OCH3 is 2. The summed E-state index contributed by atoms with van der Waals surface area (Å²) in [6.45, 7) is 0.462. The van der Waals surface area contributed by atoms with Crippen molar-refractivity contribution in [3.05, 3.63) is 22.2 Å². The molecule has 1 aliphatic rings. The minimum absolute atomic E-state index is 0. The summed E-state index contributed by atoms with van der Waals surface area (Å²) in [6.07, 6.45) is 4.06. The maximum atomic E-state index is 12.5. The second-order valence-electron chi connectivity index (χ2n) is 5.34. The highest BCUT2D eigenvalue weighted by molar-refractivity contribution is 9.10. The van der Waals surface area contributed by atoms with E-state index in [1.807, 2.05) is 0 Å². The van der Waals surface area contributed by atoms with Crippen molar-refractivity contribution in [1.82, 2.24) is 5.32 Å². The van der Waals surface area contributed by atoms with E-state index in [9.17, 15) is 4.79 Å². The molecule has 0 bridgehead atoms. The number of hydrogen-bond donors (Lipinski definition) is 2. The SMILES string of the molecule is COc1cc(C(=O)NC2(CN)CCCC2)cc(OC)c1Br.Cl. The van der Waals surface area contributed by atoms with Crippen molar-refractivity contribution in [2.75, 3.05) is 20.8 Å². The van der Waals surface area contributed by atoms with Gasteiger partial charge in [-0.1, -0.05) is 12.8 Å². The second kappa shape index (κ2) is 8.04. The van der Waals surface area contributed by atoms with Gasteiger partial charge in [-0.25, -0.2) is 0 Å². The van der Waals surface area contributed by atoms with Gasteiger partial charge in [0.15, 0.2) is 0 Å². The molecule has 0 radical (unpaired) electrons. The summed E-state index contributed by atoms with van der Waals surface area (Å²) in [5.74, 6) is 0.979. The van der Waals surface area contributed by atoms with Gasteiger partial charge in [0.1, 0.15) is 16.0 Å². The van der Waals surface area contributed by atoms with Gasteiger partial charge >= 0.3 is 0 Å². The zero-order valence-corrected chi connectivity index (χ0v) is 15.2. The Balaban J connectivity index is 0.00000242. The molecule has 0 aliphatic heterocycles. The van der Waals surface area contributed by atoms with E-state index >= 15 is 0 Å². The Morgan fingerprint density at radius 1 is 1.27 bits per heavy atom. The molecule has 1 fully saturated rings. The number of amides is 1. The van der Waals surface area contributed by atoms with Crippen LogP contribution in [-0.4, -0.2) is 32.2 Å². The monoisotopic (exact) mass is 392 g/mol. The number of ether oxygens (including phenoxy) is 2. The van der Waals surface area contributed by atoms with Gasteiger partial charge in [0.2, 0.25) is 0 Å². The minimum Gasteiger partial charge on any atom is -0.495 e. The Kier molecular flexibility index (Phi) is 6.97. The molecule has 3 N–H and O–H groups in total. The smallest absolute Gasteiger partial charge is 0.252 e. The first kappa shape index (κ1) is 19.1. The maximum Gasteiger partial charge on any atom is 0.252 e. The van der Waals surface area contributed by atoms with Crippen LogP contribution in [0.25, 0.3) is 0 Å². The van der Waals surface area contributed by atoms with Crippen LogP contribution in [0.15, 0.2) is 16.6 Å². The van der Waals surface area contributed by atoms with Crippen LogP contribution in [0.3, 0.4) is 0 Å². The van der Waals surface area contributed by atoms with Gasteiger partial charge < -0.3 is 20.5 Å². The van der Waals surface area contributed by atoms with E-state index in [1.165, 1.54) is 0 Å². The van der Waals surface area contributed by atoms with Crippen LogP contribution in [0.1, 0.15) is 36.0 Å². The zero-order chi connectivity index (χ0) is 15.5. The topological polar surface area (TPSA) is 73.6 Å². The summed E-state index contributed by atoms with van der Waals surface area (Å²) in [4.78, 5) is 12.5. The third-order valence-corrected chi connectivity index (χ3v) is 4.82. The molecule has 22 heavy (non-hydrogen) atoms. The van der Waals surface area contributed by atoms with Crippen molar-refractivity contribution >= 4 is 34.2 Å². The Morgan fingerprint density at radius 2 is 1.77 bits per heavy atom. The summed E-state index contributed by atoms with van der Waals surface area (Å²) in [5, 5.41) is 3.09. The molecule has 2 rings (SSSR count). The molecule has 5 nitrogen and oxygen atoms in total. The number of rotatable bonds is 5. The van der Waals surface area contributed by atoms with Gasteiger partial charge in [-0.15, -0.1) is 12.4 Å². The lowest BCUT2D eigenvalue weighted by atomic mass is 9.97. The van der Waals surface area contributed by atoms with Crippen LogP contribution in [0.4, 0.5) is 0 Å². The van der Waals surface area contributed by atoms with Crippen LogP contribution >= 0.6 is 28.3 Å². The van der Waals surface area contributed by atoms with E-state index in [4.69, 9.17) is 15.2 Å². The predicted molar refractivity (Wildman–Crippen MR) is 92.2 cm³/mol. The molecule has 0 atom stereocenters. The first-order valence-corrected chi connectivity index (χ1v) is 7.78. The van der Waals surface area contributed by atoms with Crippen molar-refractivity contribution in [2.45, 2.75) is 31.2 Å². The maximum absolute atomic E-state index is 12.5. The zero-order valence-electron chi connectivity index (χ0n) is 12.8. The first-order valence-electron chi connectivity index (χ1n) is 6.99. The highest BCUT2D eigenvalue weighted by Gasteiger charge is 2.34. The second-order valence-corrected chi connectivity index (χ2v) is 6.13. The summed E-state index contributed by atoms with van der Waals surface area (Å²) in [7, 11) is 3.11. The first-order chi connectivity index (χ1) is 10.0. The largest absolute Gasteiger partial charge is 0.495 e. The van der Waals surface area contributed by atoms with E-state index in [-0.39, 0.29) is 23.9 Å². The number of halogens is 2. The molecule has 1 aliphatic carbocycles. The molecule has 0 heterocycles. The van der Waals surface area contributed by atoms with E-state index in [0.717, 1.165) is 25.7 Å². The van der Waals surface area contributed by atoms with Gasteiger partial charge in [-0.3, -0.25) is 4.79 Å². The Bertz CT molecular complexity index is 509. The minimum atomic E-state index is -0.273. The highest BCUT2D eigenvalue weighted by Crippen LogP contribution is 2.36. The molecule has 1 aromatic rings. The number of nitrogens with two attached hydrogens (primary N) is 1. The number of carbonyl (C=O) groups is 1. The summed E-state index contributed by atoms with van der Waals surface area (Å²) < 4.78 is 11.2. The molecule has 124 valence electrons. The van der Waals surface area contributed by atoms with Crippen LogP contribution in [0.2, 0.25) is 0 Å². The quantitative estimate of drug-likeness (QED) is 0.807. The number of benzene rings is 1. The fraction of sp³-hybridized carbons (Fsp3) is 0.533. The molecule has 1 amide bonds. The third kappa shape index (κ3) is 3.86. The van der Waals surface area contributed by atoms with E-state index in [0.29, 0.717) is 28.1 Å². The van der Waals surface area contributed by atoms with Crippen LogP contribution in [0.5, 0.6) is 11.5 Å². The normalized spacial score (nSPS) is 15.8. The van der Waals surface area contributed by atoms with Crippen molar-refractivity contribution in [3.8, 4) is 11.5 Å². The summed E-state index contributed by atoms with van der Waals surface area (Å²) in [6, 6.07) is 3.39. The molecule has 7 heteroatoms. The van der Waals surface area contributed by atoms with Gasteiger partial charge in [0.05, 0.1) is 19.8 Å². The summed E-state index contributed by atoms with van der Waals surface area (Å²) >= 11 is 3.40. The fourth-order valence-electron chi connectivity index (χ4n) is 2.75. The molecule has 0 spiro atoms. The van der Waals surface area contributed by atoms with Crippen molar-refractivity contribution < 1.29 is 14.3 Å². The number of nitrogens with one attached hydrogen (secondary N) is 1. The Morgan fingerprint density at radius 3 is 2.18 bits per heavy atom. The Hall–Kier alpha value is -0.980. The van der Waals surface area contributed by atoms with E-state index < -0.39 is 0 Å². The summed E-state index contributed by atoms with van der Waals surface area (Å²) in [5.41, 5.74) is 6.09. The number of carbonyl (C=O) groups excluding carboxylic acids is 1. The van der Waals surface area contributed by atoms with Gasteiger partial charge in [0.25, 0.3) is 5.91 Å². The van der Waals surface area contributed by atoms with Crippen molar-refractivity contribution in [1.29, 1.82) is 0 Å². The Labute approximate surface area is 145 Å². The highest BCUT2D eigenvalue weighted by atomic mass is 79.9. The van der Waals surface area contributed by atoms with E-state index in [1.54, 1.807) is 26.4 Å². The van der Waals surface area contributed by atoms with E-state index in [2.05, 4.69) is 21.2 Å². The standard InChI is InChI=1S/C15H21BrN2O3.ClH/c1-20-11-7-10(8-12(21-2)13(11)16)14(19)18-15(9-17)5-3-4-6-15;/h7-8H,3-6,9,17H2,1-2H3,(H,18,19);1H. The average molecular weight is 394 g/mol. The van der Waals surface area contributed by atoms with Crippen LogP contribution in [-0.2, 0) is 0 Å².